The van der Waals surface area contributed by atoms with Gasteiger partial charge in [-0.25, -0.2) is 4.98 Å². The van der Waals surface area contributed by atoms with Gasteiger partial charge in [0.05, 0.1) is 21.5 Å². The fourth-order valence-corrected chi connectivity index (χ4v) is 3.47. The van der Waals surface area contributed by atoms with Crippen LogP contribution < -0.4 is 5.32 Å². The normalized spacial score (nSPS) is 11.8. The van der Waals surface area contributed by atoms with Gasteiger partial charge in [-0.05, 0) is 29.0 Å². The summed E-state index contributed by atoms with van der Waals surface area (Å²) in [7, 11) is 0. The third-order valence-corrected chi connectivity index (χ3v) is 4.57. The molecule has 1 N–H and O–H groups in total. The fraction of sp³-hybridized carbons (Fsp3) is 0.143. The van der Waals surface area contributed by atoms with Gasteiger partial charge >= 0.3 is 6.18 Å². The number of nitrogens with one attached hydrogen (secondary N) is 1. The van der Waals surface area contributed by atoms with Crippen LogP contribution in [0.25, 0.3) is 20.8 Å². The van der Waals surface area contributed by atoms with E-state index in [1.165, 1.54) is 11.3 Å². The molecule has 3 heterocycles. The van der Waals surface area contributed by atoms with Gasteiger partial charge in [-0.15, -0.1) is 17.9 Å². The molecule has 3 aromatic heterocycles. The van der Waals surface area contributed by atoms with Gasteiger partial charge in [-0.2, -0.15) is 17.5 Å². The zero-order valence-corrected chi connectivity index (χ0v) is 12.8. The van der Waals surface area contributed by atoms with E-state index in [-0.39, 0.29) is 16.0 Å². The van der Waals surface area contributed by atoms with Crippen LogP contribution in [0.15, 0.2) is 36.2 Å². The highest BCUT2D eigenvalue weighted by Crippen LogP contribution is 2.41. The molecule has 22 heavy (non-hydrogen) atoms. The molecule has 0 aliphatic carbocycles. The summed E-state index contributed by atoms with van der Waals surface area (Å²) in [5, 5.41) is 4.65. The lowest BCUT2D eigenvalue weighted by Gasteiger charge is -2.11. The maximum absolute atomic E-state index is 13.4. The maximum Gasteiger partial charge on any atom is 0.417 e. The highest BCUT2D eigenvalue weighted by atomic mass is 32.1. The zero-order chi connectivity index (χ0) is 15.7. The fourth-order valence-electron chi connectivity index (χ4n) is 2.01. The van der Waals surface area contributed by atoms with E-state index in [4.69, 9.17) is 0 Å². The number of hydrogen-bond acceptors (Lipinski definition) is 5. The van der Waals surface area contributed by atoms with Crippen molar-refractivity contribution in [1.82, 2.24) is 9.36 Å². The largest absolute Gasteiger partial charge is 0.417 e. The quantitative estimate of drug-likeness (QED) is 0.676. The first kappa shape index (κ1) is 15.0. The van der Waals surface area contributed by atoms with Crippen LogP contribution in [0.2, 0.25) is 0 Å². The molecule has 0 atom stereocenters. The van der Waals surface area contributed by atoms with Crippen LogP contribution in [-0.2, 0) is 6.18 Å². The summed E-state index contributed by atoms with van der Waals surface area (Å²) in [6.45, 7) is 3.87. The molecule has 0 saturated heterocycles. The summed E-state index contributed by atoms with van der Waals surface area (Å²) in [5.41, 5.74) is -0.407. The van der Waals surface area contributed by atoms with Crippen LogP contribution in [0.4, 0.5) is 19.0 Å². The molecule has 0 saturated carbocycles. The molecule has 0 aromatic carbocycles. The molecule has 0 unspecified atom stereocenters. The van der Waals surface area contributed by atoms with Crippen LogP contribution in [-0.4, -0.2) is 15.9 Å². The van der Waals surface area contributed by atoms with Gasteiger partial charge in [0.1, 0.15) is 10.6 Å². The lowest BCUT2D eigenvalue weighted by molar-refractivity contribution is -0.136. The first-order valence-corrected chi connectivity index (χ1v) is 7.92. The summed E-state index contributed by atoms with van der Waals surface area (Å²) >= 11 is 2.30. The Balaban J connectivity index is 2.23. The standard InChI is InChI=1S/C14H10F3N3S2/c1-2-5-18-12-11-8(14(15,16)17)7-9(10-4-3-6-21-10)19-13(11)22-20-12/h2-4,6-7H,1,5H2,(H,18,20). The van der Waals surface area contributed by atoms with E-state index in [2.05, 4.69) is 21.3 Å². The molecule has 0 aliphatic rings. The average molecular weight is 341 g/mol. The summed E-state index contributed by atoms with van der Waals surface area (Å²) in [6, 6.07) is 4.61. The number of rotatable bonds is 4. The third kappa shape index (κ3) is 2.71. The van der Waals surface area contributed by atoms with Crippen molar-refractivity contribution < 1.29 is 13.2 Å². The first-order valence-electron chi connectivity index (χ1n) is 6.27. The molecule has 8 heteroatoms. The second kappa shape index (κ2) is 5.69. The van der Waals surface area contributed by atoms with Gasteiger partial charge in [-0.3, -0.25) is 0 Å². The first-order chi connectivity index (χ1) is 10.5. The highest BCUT2D eigenvalue weighted by molar-refractivity contribution is 7.14. The molecule has 0 spiro atoms. The monoisotopic (exact) mass is 341 g/mol. The van der Waals surface area contributed by atoms with Gasteiger partial charge in [0.15, 0.2) is 0 Å². The Hall–Kier alpha value is -1.93. The van der Waals surface area contributed by atoms with Crippen molar-refractivity contribution in [1.29, 1.82) is 0 Å². The third-order valence-electron chi connectivity index (χ3n) is 2.94. The van der Waals surface area contributed by atoms with Crippen molar-refractivity contribution in [3.05, 3.63) is 41.8 Å². The number of anilines is 1. The number of aromatic nitrogens is 2. The Morgan fingerprint density at radius 2 is 2.18 bits per heavy atom. The molecule has 3 aromatic rings. The molecule has 3 rings (SSSR count). The van der Waals surface area contributed by atoms with Gasteiger partial charge in [-0.1, -0.05) is 12.1 Å². The van der Waals surface area contributed by atoms with Crippen molar-refractivity contribution in [3.63, 3.8) is 0 Å². The minimum atomic E-state index is -4.47. The van der Waals surface area contributed by atoms with E-state index in [0.29, 0.717) is 17.1 Å². The van der Waals surface area contributed by atoms with Crippen molar-refractivity contribution in [2.45, 2.75) is 6.18 Å². The minimum absolute atomic E-state index is 0.0136. The van der Waals surface area contributed by atoms with Gasteiger partial charge in [0.25, 0.3) is 0 Å². The summed E-state index contributed by atoms with van der Waals surface area (Å²) in [6.07, 6.45) is -2.91. The van der Waals surface area contributed by atoms with E-state index < -0.39 is 11.7 Å². The van der Waals surface area contributed by atoms with Crippen molar-refractivity contribution >= 4 is 38.9 Å². The molecule has 3 nitrogen and oxygen atoms in total. The SMILES string of the molecule is C=CCNc1nsc2nc(-c3cccs3)cc(C(F)(F)F)c12. The molecular formula is C14H10F3N3S2. The molecule has 0 bridgehead atoms. The summed E-state index contributed by atoms with van der Waals surface area (Å²) in [4.78, 5) is 5.29. The van der Waals surface area contributed by atoms with E-state index in [0.717, 1.165) is 17.6 Å². The second-order valence-corrected chi connectivity index (χ2v) is 6.11. The maximum atomic E-state index is 13.4. The Kier molecular flexibility index (Phi) is 3.88. The Morgan fingerprint density at radius 1 is 1.36 bits per heavy atom. The molecular weight excluding hydrogens is 331 g/mol. The topological polar surface area (TPSA) is 37.8 Å². The number of hydrogen-bond donors (Lipinski definition) is 1. The molecule has 0 radical (unpaired) electrons. The zero-order valence-electron chi connectivity index (χ0n) is 11.1. The van der Waals surface area contributed by atoms with Crippen LogP contribution in [0.1, 0.15) is 5.56 Å². The van der Waals surface area contributed by atoms with Gasteiger partial charge < -0.3 is 5.32 Å². The van der Waals surface area contributed by atoms with E-state index in [1.54, 1.807) is 23.6 Å². The highest BCUT2D eigenvalue weighted by Gasteiger charge is 2.35. The number of alkyl halides is 3. The van der Waals surface area contributed by atoms with Crippen LogP contribution >= 0.6 is 22.9 Å². The average Bonchev–Trinajstić information content (AvgIpc) is 3.12. The predicted octanol–water partition coefficient (Wildman–Crippen LogP) is 5.04. The molecule has 114 valence electrons. The Labute approximate surface area is 132 Å². The van der Waals surface area contributed by atoms with Gasteiger partial charge in [0.2, 0.25) is 0 Å². The van der Waals surface area contributed by atoms with E-state index >= 15 is 0 Å². The number of thiophene rings is 1. The molecule has 0 fully saturated rings. The van der Waals surface area contributed by atoms with Gasteiger partial charge in [0, 0.05) is 6.54 Å². The van der Waals surface area contributed by atoms with E-state index in [1.807, 2.05) is 0 Å². The number of halogens is 3. The number of nitrogens with zero attached hydrogens (tertiary/aromatic N) is 2. The Bertz CT molecular complexity index is 807. The lowest BCUT2D eigenvalue weighted by atomic mass is 10.1. The van der Waals surface area contributed by atoms with E-state index in [9.17, 15) is 13.2 Å². The molecule has 0 aliphatic heterocycles. The van der Waals surface area contributed by atoms with Crippen molar-refractivity contribution in [2.24, 2.45) is 0 Å². The summed E-state index contributed by atoms with van der Waals surface area (Å²) < 4.78 is 44.3. The van der Waals surface area contributed by atoms with Crippen molar-refractivity contribution in [3.8, 4) is 10.6 Å². The Morgan fingerprint density at radius 3 is 2.82 bits per heavy atom. The van der Waals surface area contributed by atoms with Crippen LogP contribution in [0.5, 0.6) is 0 Å². The number of pyridine rings is 1. The van der Waals surface area contributed by atoms with Crippen LogP contribution in [0, 0.1) is 0 Å². The second-order valence-electron chi connectivity index (χ2n) is 4.41. The summed E-state index contributed by atoms with van der Waals surface area (Å²) in [5.74, 6) is 0.192. The molecule has 0 amide bonds. The minimum Gasteiger partial charge on any atom is -0.365 e. The number of fused-ring (bicyclic) bond motifs is 1. The van der Waals surface area contributed by atoms with Crippen LogP contribution in [0.3, 0.4) is 0 Å². The van der Waals surface area contributed by atoms with Crippen molar-refractivity contribution in [2.75, 3.05) is 11.9 Å². The predicted molar refractivity (Wildman–Crippen MR) is 84.4 cm³/mol. The smallest absolute Gasteiger partial charge is 0.365 e. The lowest BCUT2D eigenvalue weighted by Crippen LogP contribution is -2.08.